The van der Waals surface area contributed by atoms with Crippen LogP contribution in [0.3, 0.4) is 0 Å². The van der Waals surface area contributed by atoms with E-state index in [0.29, 0.717) is 0 Å². The maximum atomic E-state index is 4.79. The Kier molecular flexibility index (Phi) is 3.15. The van der Waals surface area contributed by atoms with E-state index >= 15 is 0 Å². The predicted octanol–water partition coefficient (Wildman–Crippen LogP) is 4.56. The van der Waals surface area contributed by atoms with Gasteiger partial charge in [0, 0.05) is 18.3 Å². The third-order valence-corrected chi connectivity index (χ3v) is 4.47. The van der Waals surface area contributed by atoms with E-state index in [1.165, 1.54) is 27.3 Å². The molecule has 0 saturated carbocycles. The second-order valence-corrected chi connectivity index (χ2v) is 5.92. The zero-order chi connectivity index (χ0) is 13.4. The van der Waals surface area contributed by atoms with Crippen LogP contribution in [-0.2, 0) is 13.5 Å². The molecule has 3 rings (SSSR count). The van der Waals surface area contributed by atoms with Gasteiger partial charge in [0.1, 0.15) is 5.82 Å². The summed E-state index contributed by atoms with van der Waals surface area (Å²) in [6.07, 6.45) is 2.17. The Labute approximate surface area is 117 Å². The van der Waals surface area contributed by atoms with Crippen molar-refractivity contribution in [3.05, 3.63) is 41.0 Å². The van der Waals surface area contributed by atoms with Crippen molar-refractivity contribution in [3.63, 3.8) is 0 Å². The Bertz CT molecular complexity index is 708. The molecule has 0 unspecified atom stereocenters. The third-order valence-electron chi connectivity index (χ3n) is 3.55. The largest absolute Gasteiger partial charge is 0.331 e. The summed E-state index contributed by atoms with van der Waals surface area (Å²) in [5, 5.41) is 2.13. The number of aromatic nitrogens is 2. The van der Waals surface area contributed by atoms with Crippen LogP contribution in [0.5, 0.6) is 0 Å². The average molecular weight is 270 g/mol. The molecule has 2 aromatic heterocycles. The highest BCUT2D eigenvalue weighted by Gasteiger charge is 2.11. The number of rotatable bonds is 3. The molecule has 0 aliphatic carbocycles. The van der Waals surface area contributed by atoms with Crippen LogP contribution in [0, 0.1) is 6.92 Å². The number of benzene rings is 1. The SMILES string of the molecule is CCCc1nc2c(C)cc(-c3cccs3)cc2n1C. The van der Waals surface area contributed by atoms with E-state index in [-0.39, 0.29) is 0 Å². The third kappa shape index (κ3) is 2.08. The van der Waals surface area contributed by atoms with Gasteiger partial charge < -0.3 is 4.57 Å². The van der Waals surface area contributed by atoms with Crippen molar-refractivity contribution in [1.82, 2.24) is 9.55 Å². The molecular weight excluding hydrogens is 252 g/mol. The predicted molar refractivity (Wildman–Crippen MR) is 82.8 cm³/mol. The van der Waals surface area contributed by atoms with Gasteiger partial charge in [-0.2, -0.15) is 0 Å². The second kappa shape index (κ2) is 4.82. The van der Waals surface area contributed by atoms with Crippen LogP contribution in [0.15, 0.2) is 29.6 Å². The molecule has 0 aliphatic rings. The summed E-state index contributed by atoms with van der Waals surface area (Å²) >= 11 is 1.79. The second-order valence-electron chi connectivity index (χ2n) is 4.98. The Morgan fingerprint density at radius 3 is 2.84 bits per heavy atom. The molecule has 1 aromatic carbocycles. The van der Waals surface area contributed by atoms with Gasteiger partial charge in [0.2, 0.25) is 0 Å². The lowest BCUT2D eigenvalue weighted by Gasteiger charge is -2.03. The van der Waals surface area contributed by atoms with Gasteiger partial charge in [-0.05, 0) is 48.1 Å². The van der Waals surface area contributed by atoms with E-state index in [2.05, 4.69) is 55.1 Å². The molecule has 0 bridgehead atoms. The molecule has 3 aromatic rings. The van der Waals surface area contributed by atoms with Crippen molar-refractivity contribution in [1.29, 1.82) is 0 Å². The molecule has 0 atom stereocenters. The number of hydrogen-bond acceptors (Lipinski definition) is 2. The maximum absolute atomic E-state index is 4.79. The van der Waals surface area contributed by atoms with Crippen LogP contribution in [0.1, 0.15) is 24.7 Å². The fourth-order valence-corrected chi connectivity index (χ4v) is 3.25. The summed E-state index contributed by atoms with van der Waals surface area (Å²) in [6.45, 7) is 4.35. The molecule has 0 radical (unpaired) electrons. The first-order chi connectivity index (χ1) is 9.20. The van der Waals surface area contributed by atoms with Crippen molar-refractivity contribution in [2.75, 3.05) is 0 Å². The Morgan fingerprint density at radius 1 is 1.32 bits per heavy atom. The van der Waals surface area contributed by atoms with Crippen molar-refractivity contribution >= 4 is 22.4 Å². The number of nitrogens with zero attached hydrogens (tertiary/aromatic N) is 2. The van der Waals surface area contributed by atoms with Crippen molar-refractivity contribution < 1.29 is 0 Å². The minimum absolute atomic E-state index is 1.04. The van der Waals surface area contributed by atoms with Gasteiger partial charge in [-0.25, -0.2) is 4.98 Å². The molecule has 0 saturated heterocycles. The van der Waals surface area contributed by atoms with Gasteiger partial charge in [0.05, 0.1) is 11.0 Å². The summed E-state index contributed by atoms with van der Waals surface area (Å²) in [5.74, 6) is 1.18. The standard InChI is InChI=1S/C16H18N2S/c1-4-6-15-17-16-11(2)9-12(10-13(16)18(15)3)14-7-5-8-19-14/h5,7-10H,4,6H2,1-3H3. The van der Waals surface area contributed by atoms with Crippen LogP contribution in [-0.4, -0.2) is 9.55 Å². The van der Waals surface area contributed by atoms with Gasteiger partial charge in [0.25, 0.3) is 0 Å². The molecule has 3 heteroatoms. The molecule has 0 aliphatic heterocycles. The first-order valence-corrected chi connectivity index (χ1v) is 7.58. The summed E-state index contributed by atoms with van der Waals surface area (Å²) in [6, 6.07) is 8.79. The molecule has 2 nitrogen and oxygen atoms in total. The first kappa shape index (κ1) is 12.4. The van der Waals surface area contributed by atoms with Gasteiger partial charge in [-0.1, -0.05) is 13.0 Å². The summed E-state index contributed by atoms with van der Waals surface area (Å²) in [7, 11) is 2.12. The minimum atomic E-state index is 1.04. The molecule has 19 heavy (non-hydrogen) atoms. The quantitative estimate of drug-likeness (QED) is 0.682. The van der Waals surface area contributed by atoms with Gasteiger partial charge in [-0.15, -0.1) is 11.3 Å². The minimum Gasteiger partial charge on any atom is -0.331 e. The van der Waals surface area contributed by atoms with E-state index < -0.39 is 0 Å². The lowest BCUT2D eigenvalue weighted by molar-refractivity contribution is 0.773. The Morgan fingerprint density at radius 2 is 2.16 bits per heavy atom. The van der Waals surface area contributed by atoms with E-state index in [0.717, 1.165) is 18.4 Å². The lowest BCUT2D eigenvalue weighted by Crippen LogP contribution is -1.96. The molecule has 0 spiro atoms. The highest BCUT2D eigenvalue weighted by molar-refractivity contribution is 7.13. The number of fused-ring (bicyclic) bond motifs is 1. The smallest absolute Gasteiger partial charge is 0.109 e. The van der Waals surface area contributed by atoms with Crippen LogP contribution >= 0.6 is 11.3 Å². The first-order valence-electron chi connectivity index (χ1n) is 6.70. The fourth-order valence-electron chi connectivity index (χ4n) is 2.54. The van der Waals surface area contributed by atoms with Crippen LogP contribution in [0.2, 0.25) is 0 Å². The highest BCUT2D eigenvalue weighted by Crippen LogP contribution is 2.30. The van der Waals surface area contributed by atoms with Crippen LogP contribution in [0.4, 0.5) is 0 Å². The fraction of sp³-hybridized carbons (Fsp3) is 0.312. The van der Waals surface area contributed by atoms with Gasteiger partial charge >= 0.3 is 0 Å². The van der Waals surface area contributed by atoms with Crippen molar-refractivity contribution in [2.45, 2.75) is 26.7 Å². The summed E-state index contributed by atoms with van der Waals surface area (Å²) in [4.78, 5) is 6.11. The van der Waals surface area contributed by atoms with Crippen molar-refractivity contribution in [2.24, 2.45) is 7.05 Å². The normalized spacial score (nSPS) is 11.3. The lowest BCUT2D eigenvalue weighted by atomic mass is 10.1. The average Bonchev–Trinajstić information content (AvgIpc) is 3.01. The van der Waals surface area contributed by atoms with Crippen LogP contribution in [0.25, 0.3) is 21.5 Å². The number of hydrogen-bond donors (Lipinski definition) is 0. The molecular formula is C16H18N2S. The molecule has 0 N–H and O–H groups in total. The van der Waals surface area contributed by atoms with Gasteiger partial charge in [0.15, 0.2) is 0 Å². The molecule has 0 amide bonds. The Balaban J connectivity index is 2.22. The van der Waals surface area contributed by atoms with Gasteiger partial charge in [-0.3, -0.25) is 0 Å². The Hall–Kier alpha value is -1.61. The topological polar surface area (TPSA) is 17.8 Å². The van der Waals surface area contributed by atoms with E-state index in [9.17, 15) is 0 Å². The van der Waals surface area contributed by atoms with Crippen LogP contribution < -0.4 is 0 Å². The number of aryl methyl sites for hydroxylation is 3. The highest BCUT2D eigenvalue weighted by atomic mass is 32.1. The number of thiophene rings is 1. The maximum Gasteiger partial charge on any atom is 0.109 e. The summed E-state index contributed by atoms with van der Waals surface area (Å²) in [5.41, 5.74) is 4.95. The molecule has 98 valence electrons. The zero-order valence-corrected chi connectivity index (χ0v) is 12.4. The van der Waals surface area contributed by atoms with E-state index in [1.54, 1.807) is 11.3 Å². The monoisotopic (exact) mass is 270 g/mol. The van der Waals surface area contributed by atoms with Crippen molar-refractivity contribution in [3.8, 4) is 10.4 Å². The van der Waals surface area contributed by atoms with E-state index in [4.69, 9.17) is 4.98 Å². The van der Waals surface area contributed by atoms with E-state index in [1.807, 2.05) is 0 Å². The number of imidazole rings is 1. The zero-order valence-electron chi connectivity index (χ0n) is 11.6. The molecule has 2 heterocycles. The molecule has 0 fully saturated rings. The summed E-state index contributed by atoms with van der Waals surface area (Å²) < 4.78 is 2.24.